The van der Waals surface area contributed by atoms with E-state index in [2.05, 4.69) is 10.6 Å². The SMILES string of the molecule is CC(=O)N1CCCC1C(=O)C1CN(C(=O)C(CC(C)C)NC(=O)c2ccc(-c3cccs3)cc2)C2C(=O)CNC12. The minimum absolute atomic E-state index is 0.0851. The van der Waals surface area contributed by atoms with Gasteiger partial charge in [0.15, 0.2) is 11.6 Å². The van der Waals surface area contributed by atoms with E-state index in [0.29, 0.717) is 24.9 Å². The molecular formula is C30H36N4O5S. The summed E-state index contributed by atoms with van der Waals surface area (Å²) in [6.07, 6.45) is 1.74. The number of hydrogen-bond acceptors (Lipinski definition) is 7. The van der Waals surface area contributed by atoms with Crippen LogP contribution < -0.4 is 10.6 Å². The van der Waals surface area contributed by atoms with Crippen molar-refractivity contribution in [2.75, 3.05) is 19.6 Å². The Bertz CT molecular complexity index is 1290. The maximum Gasteiger partial charge on any atom is 0.251 e. The number of hydrogen-bond donors (Lipinski definition) is 2. The molecule has 5 unspecified atom stereocenters. The van der Waals surface area contributed by atoms with Crippen molar-refractivity contribution in [1.82, 2.24) is 20.4 Å². The van der Waals surface area contributed by atoms with E-state index >= 15 is 0 Å². The van der Waals surface area contributed by atoms with Gasteiger partial charge in [0.25, 0.3) is 5.91 Å². The Hall–Kier alpha value is -3.37. The zero-order valence-corrected chi connectivity index (χ0v) is 23.9. The lowest BCUT2D eigenvalue weighted by Crippen LogP contribution is -2.52. The molecule has 1 aromatic carbocycles. The van der Waals surface area contributed by atoms with E-state index in [-0.39, 0.29) is 48.3 Å². The Morgan fingerprint density at radius 2 is 1.85 bits per heavy atom. The molecule has 0 spiro atoms. The number of amides is 3. The zero-order chi connectivity index (χ0) is 28.6. The van der Waals surface area contributed by atoms with Crippen LogP contribution in [0, 0.1) is 11.8 Å². The second-order valence-corrected chi connectivity index (χ2v) is 12.3. The van der Waals surface area contributed by atoms with Crippen LogP contribution in [-0.2, 0) is 19.2 Å². The average Bonchev–Trinajstić information content (AvgIpc) is 3.73. The molecule has 0 bridgehead atoms. The smallest absolute Gasteiger partial charge is 0.251 e. The first-order valence-corrected chi connectivity index (χ1v) is 14.9. The molecular weight excluding hydrogens is 528 g/mol. The van der Waals surface area contributed by atoms with Crippen molar-refractivity contribution in [3.05, 3.63) is 47.3 Å². The summed E-state index contributed by atoms with van der Waals surface area (Å²) in [4.78, 5) is 70.1. The molecule has 3 fully saturated rings. The molecule has 0 saturated carbocycles. The van der Waals surface area contributed by atoms with Gasteiger partial charge in [0.2, 0.25) is 11.8 Å². The molecule has 9 nitrogen and oxygen atoms in total. The molecule has 40 heavy (non-hydrogen) atoms. The standard InChI is InChI=1S/C30H36N4O5S/c1-17(2)14-22(32-29(38)20-10-8-19(9-11-20)25-7-5-13-40-25)30(39)34-16-21(26-27(34)24(36)15-31-26)28(37)23-6-4-12-33(23)18(3)35/h5,7-11,13,17,21-23,26-27,31H,4,6,12,14-16H2,1-3H3,(H,32,38). The number of likely N-dealkylation sites (tertiary alicyclic amines) is 2. The van der Waals surface area contributed by atoms with Gasteiger partial charge in [-0.15, -0.1) is 11.3 Å². The summed E-state index contributed by atoms with van der Waals surface area (Å²) in [7, 11) is 0. The predicted molar refractivity (Wildman–Crippen MR) is 152 cm³/mol. The van der Waals surface area contributed by atoms with Crippen LogP contribution in [0.5, 0.6) is 0 Å². The van der Waals surface area contributed by atoms with Gasteiger partial charge in [-0.05, 0) is 54.3 Å². The first kappa shape index (κ1) is 28.2. The number of ketones is 2. The quantitative estimate of drug-likeness (QED) is 0.509. The molecule has 4 heterocycles. The van der Waals surface area contributed by atoms with E-state index in [9.17, 15) is 24.0 Å². The van der Waals surface area contributed by atoms with Crippen molar-refractivity contribution in [3.63, 3.8) is 0 Å². The van der Waals surface area contributed by atoms with Gasteiger partial charge in [-0.2, -0.15) is 0 Å². The molecule has 3 aliphatic rings. The normalized spacial score (nSPS) is 24.9. The lowest BCUT2D eigenvalue weighted by molar-refractivity contribution is -0.139. The highest BCUT2D eigenvalue weighted by Crippen LogP contribution is 2.33. The van der Waals surface area contributed by atoms with E-state index in [1.54, 1.807) is 28.4 Å². The van der Waals surface area contributed by atoms with Crippen molar-refractivity contribution in [2.24, 2.45) is 11.8 Å². The maximum atomic E-state index is 14.0. The summed E-state index contributed by atoms with van der Waals surface area (Å²) in [5.41, 5.74) is 1.46. The molecule has 5 atom stereocenters. The summed E-state index contributed by atoms with van der Waals surface area (Å²) in [5.74, 6) is -1.58. The number of benzene rings is 1. The number of fused-ring (bicyclic) bond motifs is 1. The summed E-state index contributed by atoms with van der Waals surface area (Å²) < 4.78 is 0. The first-order chi connectivity index (χ1) is 19.2. The fourth-order valence-electron chi connectivity index (χ4n) is 6.35. The molecule has 1 aromatic heterocycles. The third-order valence-corrected chi connectivity index (χ3v) is 9.16. The molecule has 2 aromatic rings. The van der Waals surface area contributed by atoms with Crippen LogP contribution in [0.3, 0.4) is 0 Å². The van der Waals surface area contributed by atoms with Gasteiger partial charge < -0.3 is 20.4 Å². The van der Waals surface area contributed by atoms with E-state index in [1.165, 1.54) is 11.8 Å². The van der Waals surface area contributed by atoms with Crippen LogP contribution in [0.4, 0.5) is 0 Å². The average molecular weight is 565 g/mol. The van der Waals surface area contributed by atoms with E-state index < -0.39 is 30.1 Å². The third kappa shape index (κ3) is 5.47. The van der Waals surface area contributed by atoms with E-state index in [4.69, 9.17) is 0 Å². The number of Topliss-reactive ketones (excluding diaryl/α,β-unsaturated/α-hetero) is 2. The lowest BCUT2D eigenvalue weighted by atomic mass is 9.90. The van der Waals surface area contributed by atoms with Crippen molar-refractivity contribution in [3.8, 4) is 10.4 Å². The Kier molecular flexibility index (Phi) is 8.19. The molecule has 5 rings (SSSR count). The maximum absolute atomic E-state index is 14.0. The van der Waals surface area contributed by atoms with Gasteiger partial charge >= 0.3 is 0 Å². The number of carbonyl (C=O) groups excluding carboxylic acids is 5. The minimum Gasteiger partial charge on any atom is -0.340 e. The topological polar surface area (TPSA) is 116 Å². The number of carbonyl (C=O) groups is 5. The van der Waals surface area contributed by atoms with Gasteiger partial charge in [0, 0.05) is 36.5 Å². The monoisotopic (exact) mass is 564 g/mol. The van der Waals surface area contributed by atoms with Crippen LogP contribution in [0.15, 0.2) is 41.8 Å². The fraction of sp³-hybridized carbons (Fsp3) is 0.500. The summed E-state index contributed by atoms with van der Waals surface area (Å²) in [6, 6.07) is 8.64. The van der Waals surface area contributed by atoms with Crippen molar-refractivity contribution in [1.29, 1.82) is 0 Å². The molecule has 2 N–H and O–H groups in total. The number of thiophene rings is 1. The van der Waals surface area contributed by atoms with Gasteiger partial charge in [-0.3, -0.25) is 24.0 Å². The van der Waals surface area contributed by atoms with Crippen molar-refractivity contribution >= 4 is 40.6 Å². The minimum atomic E-state index is -0.840. The highest BCUT2D eigenvalue weighted by molar-refractivity contribution is 7.13. The second kappa shape index (κ2) is 11.6. The number of rotatable bonds is 8. The van der Waals surface area contributed by atoms with Crippen molar-refractivity contribution in [2.45, 2.75) is 64.2 Å². The van der Waals surface area contributed by atoms with Gasteiger partial charge in [-0.25, -0.2) is 0 Å². The highest BCUT2D eigenvalue weighted by Gasteiger charge is 2.55. The molecule has 3 amide bonds. The predicted octanol–water partition coefficient (Wildman–Crippen LogP) is 2.51. The Morgan fingerprint density at radius 3 is 2.50 bits per heavy atom. The largest absolute Gasteiger partial charge is 0.340 e. The Labute approximate surface area is 238 Å². The summed E-state index contributed by atoms with van der Waals surface area (Å²) in [5, 5.41) is 8.07. The van der Waals surface area contributed by atoms with Gasteiger partial charge in [-0.1, -0.05) is 32.0 Å². The number of nitrogens with zero attached hydrogens (tertiary/aromatic N) is 2. The van der Waals surface area contributed by atoms with Crippen LogP contribution in [0.1, 0.15) is 50.4 Å². The zero-order valence-electron chi connectivity index (χ0n) is 23.1. The molecule has 3 saturated heterocycles. The summed E-state index contributed by atoms with van der Waals surface area (Å²) in [6.45, 7) is 6.12. The molecule has 10 heteroatoms. The van der Waals surface area contributed by atoms with Crippen LogP contribution in [0.2, 0.25) is 0 Å². The van der Waals surface area contributed by atoms with E-state index in [0.717, 1.165) is 16.9 Å². The lowest BCUT2D eigenvalue weighted by Gasteiger charge is -2.29. The number of nitrogens with one attached hydrogen (secondary N) is 2. The molecule has 3 aliphatic heterocycles. The van der Waals surface area contributed by atoms with Crippen LogP contribution >= 0.6 is 11.3 Å². The Morgan fingerprint density at radius 1 is 1.10 bits per heavy atom. The van der Waals surface area contributed by atoms with Crippen LogP contribution in [0.25, 0.3) is 10.4 Å². The Balaban J connectivity index is 1.34. The van der Waals surface area contributed by atoms with Gasteiger partial charge in [0.1, 0.15) is 12.1 Å². The van der Waals surface area contributed by atoms with Gasteiger partial charge in [0.05, 0.1) is 18.5 Å². The third-order valence-electron chi connectivity index (χ3n) is 8.24. The fourth-order valence-corrected chi connectivity index (χ4v) is 7.08. The van der Waals surface area contributed by atoms with E-state index in [1.807, 2.05) is 43.5 Å². The first-order valence-electron chi connectivity index (χ1n) is 14.0. The van der Waals surface area contributed by atoms with Crippen LogP contribution in [-0.4, -0.2) is 82.9 Å². The molecule has 0 aliphatic carbocycles. The highest BCUT2D eigenvalue weighted by atomic mass is 32.1. The second-order valence-electron chi connectivity index (χ2n) is 11.4. The summed E-state index contributed by atoms with van der Waals surface area (Å²) >= 11 is 1.62. The van der Waals surface area contributed by atoms with Crippen molar-refractivity contribution < 1.29 is 24.0 Å². The molecule has 0 radical (unpaired) electrons. The molecule has 212 valence electrons.